The first-order chi connectivity index (χ1) is 11.7. The van der Waals surface area contributed by atoms with Crippen LogP contribution in [0.1, 0.15) is 17.4 Å². The van der Waals surface area contributed by atoms with Crippen molar-refractivity contribution in [3.63, 3.8) is 0 Å². The second kappa shape index (κ2) is 7.36. The summed E-state index contributed by atoms with van der Waals surface area (Å²) in [6.07, 6.45) is 0. The van der Waals surface area contributed by atoms with Gasteiger partial charge in [-0.1, -0.05) is 58.4 Å². The van der Waals surface area contributed by atoms with Gasteiger partial charge in [-0.2, -0.15) is 0 Å². The molecule has 3 aromatic rings. The molecule has 120 valence electrons. The van der Waals surface area contributed by atoms with Crippen molar-refractivity contribution in [3.8, 4) is 22.6 Å². The van der Waals surface area contributed by atoms with E-state index in [9.17, 15) is 4.79 Å². The van der Waals surface area contributed by atoms with E-state index in [2.05, 4.69) is 25.9 Å². The van der Waals surface area contributed by atoms with Gasteiger partial charge >= 0.3 is 5.97 Å². The van der Waals surface area contributed by atoms with Gasteiger partial charge in [0.15, 0.2) is 11.5 Å². The summed E-state index contributed by atoms with van der Waals surface area (Å²) in [6.45, 7) is 2.07. The average Bonchev–Trinajstić information content (AvgIpc) is 2.63. The molecule has 0 bridgehead atoms. The highest BCUT2D eigenvalue weighted by Gasteiger charge is 2.14. The minimum atomic E-state index is -0.449. The summed E-state index contributed by atoms with van der Waals surface area (Å²) in [5.74, 6) is 0.0505. The van der Waals surface area contributed by atoms with Gasteiger partial charge < -0.3 is 4.74 Å². The second-order valence-corrected chi connectivity index (χ2v) is 5.97. The van der Waals surface area contributed by atoms with Crippen molar-refractivity contribution >= 4 is 21.9 Å². The van der Waals surface area contributed by atoms with Crippen LogP contribution in [0.15, 0.2) is 65.1 Å². The van der Waals surface area contributed by atoms with Crippen LogP contribution in [0.3, 0.4) is 0 Å². The fourth-order valence-corrected chi connectivity index (χ4v) is 2.51. The van der Waals surface area contributed by atoms with E-state index in [-0.39, 0.29) is 5.69 Å². The number of halogens is 1. The van der Waals surface area contributed by atoms with Gasteiger partial charge in [0.2, 0.25) is 0 Å². The summed E-state index contributed by atoms with van der Waals surface area (Å²) in [7, 11) is 0. The van der Waals surface area contributed by atoms with Gasteiger partial charge in [-0.3, -0.25) is 0 Å². The van der Waals surface area contributed by atoms with Gasteiger partial charge in [0.25, 0.3) is 0 Å². The number of esters is 1. The van der Waals surface area contributed by atoms with Gasteiger partial charge in [0.1, 0.15) is 0 Å². The van der Waals surface area contributed by atoms with Gasteiger partial charge in [-0.05, 0) is 25.1 Å². The van der Waals surface area contributed by atoms with E-state index in [0.717, 1.165) is 15.6 Å². The van der Waals surface area contributed by atoms with Crippen LogP contribution < -0.4 is 0 Å². The third kappa shape index (κ3) is 3.68. The Bertz CT molecular complexity index is 849. The molecule has 0 aliphatic rings. The number of hydrogen-bond acceptors (Lipinski definition) is 4. The Hall–Kier alpha value is -2.53. The topological polar surface area (TPSA) is 52.1 Å². The first-order valence-corrected chi connectivity index (χ1v) is 8.34. The van der Waals surface area contributed by atoms with Crippen LogP contribution in [0.4, 0.5) is 0 Å². The third-order valence-electron chi connectivity index (χ3n) is 3.38. The average molecular weight is 383 g/mol. The quantitative estimate of drug-likeness (QED) is 0.610. The number of carbonyl (C=O) groups is 1. The lowest BCUT2D eigenvalue weighted by Gasteiger charge is -2.08. The molecule has 0 amide bonds. The lowest BCUT2D eigenvalue weighted by molar-refractivity contribution is 0.0519. The van der Waals surface area contributed by atoms with Crippen molar-refractivity contribution in [1.29, 1.82) is 0 Å². The molecule has 0 N–H and O–H groups in total. The van der Waals surface area contributed by atoms with E-state index in [1.807, 2.05) is 54.6 Å². The fraction of sp³-hybridized carbons (Fsp3) is 0.105. The first kappa shape index (κ1) is 16.3. The van der Waals surface area contributed by atoms with Crippen LogP contribution in [-0.4, -0.2) is 22.5 Å². The molecule has 4 nitrogen and oxygen atoms in total. The van der Waals surface area contributed by atoms with E-state index in [0.29, 0.717) is 18.1 Å². The Morgan fingerprint density at radius 2 is 1.71 bits per heavy atom. The zero-order valence-electron chi connectivity index (χ0n) is 13.1. The van der Waals surface area contributed by atoms with Crippen LogP contribution in [0.5, 0.6) is 0 Å². The van der Waals surface area contributed by atoms with Crippen molar-refractivity contribution in [1.82, 2.24) is 9.97 Å². The monoisotopic (exact) mass is 382 g/mol. The molecule has 0 saturated carbocycles. The smallest absolute Gasteiger partial charge is 0.357 e. The summed E-state index contributed by atoms with van der Waals surface area (Å²) in [5.41, 5.74) is 2.69. The van der Waals surface area contributed by atoms with Crippen molar-refractivity contribution in [2.24, 2.45) is 0 Å². The van der Waals surface area contributed by atoms with E-state index in [1.54, 1.807) is 13.0 Å². The summed E-state index contributed by atoms with van der Waals surface area (Å²) in [4.78, 5) is 21.1. The minimum Gasteiger partial charge on any atom is -0.461 e. The van der Waals surface area contributed by atoms with Gasteiger partial charge in [-0.25, -0.2) is 14.8 Å². The highest BCUT2D eigenvalue weighted by molar-refractivity contribution is 9.10. The standard InChI is InChI=1S/C19H15BrN2O2/c1-2-24-19(23)17-12-16(13-8-10-15(20)11-9-13)21-18(22-17)14-6-4-3-5-7-14/h3-12H,2H2,1H3. The normalized spacial score (nSPS) is 10.4. The predicted molar refractivity (Wildman–Crippen MR) is 96.6 cm³/mol. The zero-order chi connectivity index (χ0) is 16.9. The van der Waals surface area contributed by atoms with Crippen molar-refractivity contribution in [2.75, 3.05) is 6.61 Å². The molecule has 0 unspecified atom stereocenters. The molecule has 0 aliphatic heterocycles. The molecule has 3 rings (SSSR count). The molecule has 24 heavy (non-hydrogen) atoms. The largest absolute Gasteiger partial charge is 0.461 e. The Morgan fingerprint density at radius 1 is 1.00 bits per heavy atom. The van der Waals surface area contributed by atoms with Crippen LogP contribution in [0.25, 0.3) is 22.6 Å². The summed E-state index contributed by atoms with van der Waals surface area (Å²) >= 11 is 3.42. The lowest BCUT2D eigenvalue weighted by Crippen LogP contribution is -2.09. The van der Waals surface area contributed by atoms with E-state index in [1.165, 1.54) is 0 Å². The molecule has 0 saturated heterocycles. The van der Waals surface area contributed by atoms with E-state index >= 15 is 0 Å². The summed E-state index contributed by atoms with van der Waals surface area (Å²) in [5, 5.41) is 0. The Labute approximate surface area is 148 Å². The zero-order valence-corrected chi connectivity index (χ0v) is 14.7. The number of rotatable bonds is 4. The summed E-state index contributed by atoms with van der Waals surface area (Å²) in [6, 6.07) is 19.0. The van der Waals surface area contributed by atoms with E-state index in [4.69, 9.17) is 4.74 Å². The van der Waals surface area contributed by atoms with Gasteiger partial charge in [0, 0.05) is 15.6 Å². The lowest BCUT2D eigenvalue weighted by atomic mass is 10.1. The number of ether oxygens (including phenoxy) is 1. The molecule has 0 spiro atoms. The Balaban J connectivity index is 2.12. The number of nitrogens with zero attached hydrogens (tertiary/aromatic N) is 2. The van der Waals surface area contributed by atoms with Crippen molar-refractivity contribution in [3.05, 3.63) is 70.8 Å². The maximum absolute atomic E-state index is 12.1. The van der Waals surface area contributed by atoms with Crippen LogP contribution in [0, 0.1) is 0 Å². The number of benzene rings is 2. The maximum atomic E-state index is 12.1. The second-order valence-electron chi connectivity index (χ2n) is 5.06. The molecule has 2 aromatic carbocycles. The Morgan fingerprint density at radius 3 is 2.38 bits per heavy atom. The molecule has 5 heteroatoms. The molecule has 0 aliphatic carbocycles. The third-order valence-corrected chi connectivity index (χ3v) is 3.91. The number of carbonyl (C=O) groups excluding carboxylic acids is 1. The molecule has 0 radical (unpaired) electrons. The number of aromatic nitrogens is 2. The fourth-order valence-electron chi connectivity index (χ4n) is 2.24. The minimum absolute atomic E-state index is 0.253. The van der Waals surface area contributed by atoms with Crippen molar-refractivity contribution < 1.29 is 9.53 Å². The van der Waals surface area contributed by atoms with E-state index < -0.39 is 5.97 Å². The highest BCUT2D eigenvalue weighted by Crippen LogP contribution is 2.24. The van der Waals surface area contributed by atoms with Crippen molar-refractivity contribution in [2.45, 2.75) is 6.92 Å². The molecule has 1 aromatic heterocycles. The van der Waals surface area contributed by atoms with Crippen LogP contribution >= 0.6 is 15.9 Å². The highest BCUT2D eigenvalue weighted by atomic mass is 79.9. The Kier molecular flexibility index (Phi) is 5.01. The summed E-state index contributed by atoms with van der Waals surface area (Å²) < 4.78 is 6.07. The van der Waals surface area contributed by atoms with Crippen LogP contribution in [-0.2, 0) is 4.74 Å². The van der Waals surface area contributed by atoms with Gasteiger partial charge in [0.05, 0.1) is 12.3 Å². The molecule has 0 fully saturated rings. The molecular formula is C19H15BrN2O2. The van der Waals surface area contributed by atoms with Gasteiger partial charge in [-0.15, -0.1) is 0 Å². The first-order valence-electron chi connectivity index (χ1n) is 7.55. The maximum Gasteiger partial charge on any atom is 0.357 e. The molecule has 0 atom stereocenters. The number of hydrogen-bond donors (Lipinski definition) is 0. The molecule has 1 heterocycles. The van der Waals surface area contributed by atoms with Crippen LogP contribution in [0.2, 0.25) is 0 Å². The molecular weight excluding hydrogens is 368 g/mol. The predicted octanol–water partition coefficient (Wildman–Crippen LogP) is 4.75. The SMILES string of the molecule is CCOC(=O)c1cc(-c2ccc(Br)cc2)nc(-c2ccccc2)n1.